The third-order valence-electron chi connectivity index (χ3n) is 4.49. The fourth-order valence-corrected chi connectivity index (χ4v) is 4.96. The predicted molar refractivity (Wildman–Crippen MR) is 110 cm³/mol. The number of methoxy groups -OCH3 is 2. The molecule has 28 heavy (non-hydrogen) atoms. The Balaban J connectivity index is 1.90. The van der Waals surface area contributed by atoms with Crippen molar-refractivity contribution in [2.24, 2.45) is 0 Å². The molecule has 2 aromatic carbocycles. The number of carbonyl (C=O) groups is 1. The van der Waals surface area contributed by atoms with Crippen molar-refractivity contribution in [3.8, 4) is 11.5 Å². The molecule has 0 bridgehead atoms. The van der Waals surface area contributed by atoms with Crippen LogP contribution in [0.5, 0.6) is 11.5 Å². The summed E-state index contributed by atoms with van der Waals surface area (Å²) in [5.74, 6) is 0.610. The minimum atomic E-state index is -3.61. The van der Waals surface area contributed by atoms with Crippen LogP contribution in [-0.2, 0) is 10.0 Å². The average molecular weight is 469 g/mol. The van der Waals surface area contributed by atoms with E-state index in [4.69, 9.17) is 9.47 Å². The zero-order valence-corrected chi connectivity index (χ0v) is 18.0. The molecule has 1 aliphatic rings. The van der Waals surface area contributed by atoms with Crippen LogP contribution in [0.1, 0.15) is 23.2 Å². The number of rotatable bonds is 6. The second-order valence-electron chi connectivity index (χ2n) is 6.31. The van der Waals surface area contributed by atoms with Crippen LogP contribution in [0.4, 0.5) is 5.69 Å². The van der Waals surface area contributed by atoms with Gasteiger partial charge in [0.15, 0.2) is 0 Å². The zero-order chi connectivity index (χ0) is 20.3. The Hall–Kier alpha value is -2.10. The van der Waals surface area contributed by atoms with Gasteiger partial charge in [-0.2, -0.15) is 4.31 Å². The molecule has 2 aromatic rings. The van der Waals surface area contributed by atoms with Gasteiger partial charge in [0.25, 0.3) is 5.91 Å². The first-order valence-electron chi connectivity index (χ1n) is 8.69. The second-order valence-corrected chi connectivity index (χ2v) is 9.10. The van der Waals surface area contributed by atoms with Crippen LogP contribution >= 0.6 is 15.9 Å². The number of nitrogens with one attached hydrogen (secondary N) is 1. The quantitative estimate of drug-likeness (QED) is 0.700. The van der Waals surface area contributed by atoms with Crippen molar-refractivity contribution in [3.05, 3.63) is 46.4 Å². The minimum absolute atomic E-state index is 0.103. The summed E-state index contributed by atoms with van der Waals surface area (Å²) in [7, 11) is -0.578. The maximum atomic E-state index is 12.8. The topological polar surface area (TPSA) is 84.9 Å². The molecule has 0 radical (unpaired) electrons. The van der Waals surface area contributed by atoms with Crippen LogP contribution in [0, 0.1) is 0 Å². The molecule has 0 saturated carbocycles. The van der Waals surface area contributed by atoms with Crippen LogP contribution in [-0.4, -0.2) is 45.9 Å². The number of amides is 1. The van der Waals surface area contributed by atoms with Crippen LogP contribution in [0.3, 0.4) is 0 Å². The summed E-state index contributed by atoms with van der Waals surface area (Å²) in [4.78, 5) is 12.9. The fourth-order valence-electron chi connectivity index (χ4n) is 2.99. The second kappa shape index (κ2) is 8.50. The molecule has 0 spiro atoms. The van der Waals surface area contributed by atoms with Crippen molar-refractivity contribution >= 4 is 37.5 Å². The molecule has 3 rings (SSSR count). The number of nitrogens with zero attached hydrogens (tertiary/aromatic N) is 1. The SMILES string of the molecule is COc1cc(NC(=O)c2cc(S(=O)(=O)N3CCCC3)ccc2Br)cc(OC)c1. The van der Waals surface area contributed by atoms with E-state index in [1.54, 1.807) is 24.3 Å². The maximum Gasteiger partial charge on any atom is 0.256 e. The monoisotopic (exact) mass is 468 g/mol. The summed E-state index contributed by atoms with van der Waals surface area (Å²) in [5.41, 5.74) is 0.697. The van der Waals surface area contributed by atoms with Gasteiger partial charge in [-0.05, 0) is 47.0 Å². The molecule has 0 unspecified atom stereocenters. The molecule has 1 aliphatic heterocycles. The molecular weight excluding hydrogens is 448 g/mol. The first-order chi connectivity index (χ1) is 13.3. The number of hydrogen-bond acceptors (Lipinski definition) is 5. The number of benzene rings is 2. The highest BCUT2D eigenvalue weighted by atomic mass is 79.9. The minimum Gasteiger partial charge on any atom is -0.497 e. The van der Waals surface area contributed by atoms with Crippen molar-refractivity contribution in [1.29, 1.82) is 0 Å². The van der Waals surface area contributed by atoms with E-state index in [9.17, 15) is 13.2 Å². The van der Waals surface area contributed by atoms with Gasteiger partial charge in [-0.3, -0.25) is 4.79 Å². The lowest BCUT2D eigenvalue weighted by Crippen LogP contribution is -2.28. The maximum absolute atomic E-state index is 12.8. The van der Waals surface area contributed by atoms with Crippen LogP contribution in [0.2, 0.25) is 0 Å². The third kappa shape index (κ3) is 4.31. The standard InChI is InChI=1S/C19H21BrN2O5S/c1-26-14-9-13(10-15(11-14)27-2)21-19(23)17-12-16(5-6-18(17)20)28(24,25)22-7-3-4-8-22/h5-6,9-12H,3-4,7-8H2,1-2H3,(H,21,23). The first kappa shape index (κ1) is 20.6. The largest absolute Gasteiger partial charge is 0.497 e. The number of hydrogen-bond donors (Lipinski definition) is 1. The van der Waals surface area contributed by atoms with E-state index in [0.717, 1.165) is 12.8 Å². The number of sulfonamides is 1. The third-order valence-corrected chi connectivity index (χ3v) is 7.08. The van der Waals surface area contributed by atoms with Gasteiger partial charge in [-0.15, -0.1) is 0 Å². The van der Waals surface area contributed by atoms with Gasteiger partial charge in [0.2, 0.25) is 10.0 Å². The van der Waals surface area contributed by atoms with Crippen molar-refractivity contribution in [1.82, 2.24) is 4.31 Å². The summed E-state index contributed by atoms with van der Waals surface area (Å²) < 4.78 is 37.9. The Morgan fingerprint density at radius 1 is 1.04 bits per heavy atom. The Kier molecular flexibility index (Phi) is 6.26. The Morgan fingerprint density at radius 3 is 2.21 bits per heavy atom. The molecular formula is C19H21BrN2O5S. The smallest absolute Gasteiger partial charge is 0.256 e. The molecule has 0 aliphatic carbocycles. The highest BCUT2D eigenvalue weighted by Gasteiger charge is 2.28. The van der Waals surface area contributed by atoms with Gasteiger partial charge in [-0.25, -0.2) is 8.42 Å². The number of carbonyl (C=O) groups excluding carboxylic acids is 1. The summed E-state index contributed by atoms with van der Waals surface area (Å²) in [6.45, 7) is 1.01. The molecule has 1 amide bonds. The molecule has 0 aromatic heterocycles. The molecule has 1 fully saturated rings. The normalized spacial score (nSPS) is 14.7. The number of halogens is 1. The van der Waals surface area contributed by atoms with E-state index in [-0.39, 0.29) is 10.5 Å². The summed E-state index contributed by atoms with van der Waals surface area (Å²) >= 11 is 3.33. The Morgan fingerprint density at radius 2 is 1.64 bits per heavy atom. The summed E-state index contributed by atoms with van der Waals surface area (Å²) in [6, 6.07) is 9.46. The van der Waals surface area contributed by atoms with Crippen molar-refractivity contribution in [3.63, 3.8) is 0 Å². The molecule has 0 atom stereocenters. The van der Waals surface area contributed by atoms with Crippen LogP contribution in [0.25, 0.3) is 0 Å². The molecule has 1 heterocycles. The van der Waals surface area contributed by atoms with E-state index in [1.165, 1.54) is 30.7 Å². The van der Waals surface area contributed by atoms with Crippen molar-refractivity contribution in [2.75, 3.05) is 32.6 Å². The van der Waals surface area contributed by atoms with E-state index >= 15 is 0 Å². The molecule has 7 nitrogen and oxygen atoms in total. The van der Waals surface area contributed by atoms with Gasteiger partial charge in [0, 0.05) is 41.4 Å². The van der Waals surface area contributed by atoms with Crippen LogP contribution < -0.4 is 14.8 Å². The lowest BCUT2D eigenvalue weighted by molar-refractivity contribution is 0.102. The lowest BCUT2D eigenvalue weighted by Gasteiger charge is -2.16. The highest BCUT2D eigenvalue weighted by molar-refractivity contribution is 9.10. The van der Waals surface area contributed by atoms with Crippen LogP contribution in [0.15, 0.2) is 45.8 Å². The fraction of sp³-hybridized carbons (Fsp3) is 0.316. The van der Waals surface area contributed by atoms with Gasteiger partial charge in [0.1, 0.15) is 11.5 Å². The molecule has 1 saturated heterocycles. The van der Waals surface area contributed by atoms with E-state index < -0.39 is 15.9 Å². The Bertz CT molecular complexity index is 966. The molecule has 150 valence electrons. The zero-order valence-electron chi connectivity index (χ0n) is 15.6. The molecule has 1 N–H and O–H groups in total. The summed E-state index contributed by atoms with van der Waals surface area (Å²) in [6.07, 6.45) is 1.70. The van der Waals surface area contributed by atoms with E-state index in [0.29, 0.717) is 34.7 Å². The van der Waals surface area contributed by atoms with Gasteiger partial charge in [0.05, 0.1) is 24.7 Å². The van der Waals surface area contributed by atoms with Gasteiger partial charge < -0.3 is 14.8 Å². The Labute approximate surface area is 172 Å². The number of anilines is 1. The average Bonchev–Trinajstić information content (AvgIpc) is 3.23. The van der Waals surface area contributed by atoms with Gasteiger partial charge in [-0.1, -0.05) is 0 Å². The number of ether oxygens (including phenoxy) is 2. The van der Waals surface area contributed by atoms with E-state index in [2.05, 4.69) is 21.2 Å². The summed E-state index contributed by atoms with van der Waals surface area (Å²) in [5, 5.41) is 2.76. The predicted octanol–water partition coefficient (Wildman–Crippen LogP) is 3.50. The highest BCUT2D eigenvalue weighted by Crippen LogP contribution is 2.29. The first-order valence-corrected chi connectivity index (χ1v) is 10.9. The van der Waals surface area contributed by atoms with Gasteiger partial charge >= 0.3 is 0 Å². The van der Waals surface area contributed by atoms with Crippen molar-refractivity contribution < 1.29 is 22.7 Å². The molecule has 9 heteroatoms. The van der Waals surface area contributed by atoms with E-state index in [1.807, 2.05) is 0 Å². The van der Waals surface area contributed by atoms with Crippen molar-refractivity contribution in [2.45, 2.75) is 17.7 Å². The lowest BCUT2D eigenvalue weighted by atomic mass is 10.2.